The van der Waals surface area contributed by atoms with E-state index in [1.54, 1.807) is 12.1 Å². The zero-order chi connectivity index (χ0) is 19.8. The fourth-order valence-corrected chi connectivity index (χ4v) is 2.93. The Morgan fingerprint density at radius 3 is 2.07 bits per heavy atom. The fraction of sp³-hybridized carbons (Fsp3) is 0.167. The van der Waals surface area contributed by atoms with E-state index in [0.717, 1.165) is 11.1 Å². The van der Waals surface area contributed by atoms with E-state index >= 15 is 0 Å². The van der Waals surface area contributed by atoms with Gasteiger partial charge in [-0.15, -0.1) is 0 Å². The van der Waals surface area contributed by atoms with Gasteiger partial charge in [0, 0.05) is 12.1 Å². The van der Waals surface area contributed by atoms with Crippen LogP contribution in [0.3, 0.4) is 0 Å². The van der Waals surface area contributed by atoms with Gasteiger partial charge in [0.25, 0.3) is 5.91 Å². The normalized spacial score (nSPS) is 11.5. The van der Waals surface area contributed by atoms with E-state index in [1.807, 2.05) is 79.7 Å². The van der Waals surface area contributed by atoms with E-state index in [-0.39, 0.29) is 18.2 Å². The third-order valence-electron chi connectivity index (χ3n) is 4.54. The molecule has 0 aliphatic heterocycles. The van der Waals surface area contributed by atoms with E-state index in [9.17, 15) is 9.59 Å². The molecular formula is C24H24N2O2. The number of benzene rings is 3. The number of aryl methyl sites for hydroxylation is 1. The van der Waals surface area contributed by atoms with Crippen LogP contribution in [0.15, 0.2) is 84.9 Å². The van der Waals surface area contributed by atoms with E-state index < -0.39 is 6.04 Å². The summed E-state index contributed by atoms with van der Waals surface area (Å²) in [6.45, 7) is 2.50. The lowest BCUT2D eigenvalue weighted by Crippen LogP contribution is -2.33. The molecule has 28 heavy (non-hydrogen) atoms. The van der Waals surface area contributed by atoms with Gasteiger partial charge in [-0.2, -0.15) is 0 Å². The van der Waals surface area contributed by atoms with E-state index in [1.165, 1.54) is 5.56 Å². The summed E-state index contributed by atoms with van der Waals surface area (Å²) in [6, 6.07) is 26.2. The van der Waals surface area contributed by atoms with Crippen LogP contribution >= 0.6 is 0 Å². The minimum absolute atomic E-state index is 0.109. The van der Waals surface area contributed by atoms with Crippen molar-refractivity contribution in [2.75, 3.05) is 0 Å². The number of amides is 2. The molecule has 0 aliphatic carbocycles. The molecule has 3 aromatic rings. The fourth-order valence-electron chi connectivity index (χ4n) is 2.93. The summed E-state index contributed by atoms with van der Waals surface area (Å²) in [6.07, 6.45) is 0.175. The summed E-state index contributed by atoms with van der Waals surface area (Å²) in [4.78, 5) is 25.1. The molecule has 0 spiro atoms. The molecule has 0 bridgehead atoms. The van der Waals surface area contributed by atoms with Gasteiger partial charge in [-0.3, -0.25) is 9.59 Å². The second-order valence-corrected chi connectivity index (χ2v) is 6.77. The highest BCUT2D eigenvalue weighted by Crippen LogP contribution is 2.17. The molecule has 0 heterocycles. The average molecular weight is 372 g/mol. The third-order valence-corrected chi connectivity index (χ3v) is 4.54. The largest absolute Gasteiger partial charge is 0.352 e. The molecule has 3 rings (SSSR count). The maximum atomic E-state index is 12.6. The van der Waals surface area contributed by atoms with Crippen molar-refractivity contribution in [3.8, 4) is 0 Å². The lowest BCUT2D eigenvalue weighted by atomic mass is 10.0. The van der Waals surface area contributed by atoms with Crippen molar-refractivity contribution < 1.29 is 9.59 Å². The highest BCUT2D eigenvalue weighted by atomic mass is 16.2. The molecule has 1 atom stereocenters. The van der Waals surface area contributed by atoms with Crippen molar-refractivity contribution in [2.24, 2.45) is 0 Å². The summed E-state index contributed by atoms with van der Waals surface area (Å²) in [5.41, 5.74) is 3.70. The van der Waals surface area contributed by atoms with Crippen LogP contribution < -0.4 is 10.6 Å². The van der Waals surface area contributed by atoms with E-state index in [2.05, 4.69) is 10.6 Å². The van der Waals surface area contributed by atoms with Gasteiger partial charge in [0.05, 0.1) is 12.5 Å². The molecule has 0 saturated carbocycles. The first-order valence-corrected chi connectivity index (χ1v) is 9.35. The van der Waals surface area contributed by atoms with Crippen molar-refractivity contribution in [3.63, 3.8) is 0 Å². The van der Waals surface area contributed by atoms with E-state index in [4.69, 9.17) is 0 Å². The lowest BCUT2D eigenvalue weighted by molar-refractivity contribution is -0.121. The highest BCUT2D eigenvalue weighted by Gasteiger charge is 2.19. The smallest absolute Gasteiger partial charge is 0.251 e. The van der Waals surface area contributed by atoms with Crippen LogP contribution in [0.2, 0.25) is 0 Å². The molecule has 0 unspecified atom stereocenters. The standard InChI is InChI=1S/C24H24N2O2/c1-18-12-14-19(15-13-18)17-25-23(27)16-22(20-8-4-2-5-9-20)26-24(28)21-10-6-3-7-11-21/h2-15,22H,16-17H2,1H3,(H,25,27)(H,26,28)/t22-/m0/s1. The topological polar surface area (TPSA) is 58.2 Å². The van der Waals surface area contributed by atoms with Gasteiger partial charge in [-0.25, -0.2) is 0 Å². The van der Waals surface area contributed by atoms with Crippen molar-refractivity contribution in [2.45, 2.75) is 25.9 Å². The van der Waals surface area contributed by atoms with E-state index in [0.29, 0.717) is 12.1 Å². The summed E-state index contributed by atoms with van der Waals surface area (Å²) in [7, 11) is 0. The van der Waals surface area contributed by atoms with Crippen LogP contribution in [0.25, 0.3) is 0 Å². The van der Waals surface area contributed by atoms with Crippen LogP contribution in [0, 0.1) is 6.92 Å². The highest BCUT2D eigenvalue weighted by molar-refractivity contribution is 5.94. The number of hydrogen-bond donors (Lipinski definition) is 2. The van der Waals surface area contributed by atoms with Gasteiger partial charge >= 0.3 is 0 Å². The molecule has 0 aromatic heterocycles. The Kier molecular flexibility index (Phi) is 6.58. The lowest BCUT2D eigenvalue weighted by Gasteiger charge is -2.19. The van der Waals surface area contributed by atoms with Crippen LogP contribution in [-0.4, -0.2) is 11.8 Å². The molecule has 3 aromatic carbocycles. The Labute approximate surface area is 165 Å². The number of hydrogen-bond acceptors (Lipinski definition) is 2. The molecular weight excluding hydrogens is 348 g/mol. The van der Waals surface area contributed by atoms with Crippen molar-refractivity contribution in [3.05, 3.63) is 107 Å². The number of carbonyl (C=O) groups excluding carboxylic acids is 2. The third kappa shape index (κ3) is 5.55. The van der Waals surface area contributed by atoms with Gasteiger partial charge in [0.1, 0.15) is 0 Å². The maximum Gasteiger partial charge on any atom is 0.251 e. The first-order chi connectivity index (χ1) is 13.6. The first kappa shape index (κ1) is 19.4. The zero-order valence-corrected chi connectivity index (χ0v) is 15.9. The maximum absolute atomic E-state index is 12.6. The first-order valence-electron chi connectivity index (χ1n) is 9.35. The monoisotopic (exact) mass is 372 g/mol. The predicted molar refractivity (Wildman–Crippen MR) is 111 cm³/mol. The van der Waals surface area contributed by atoms with Crippen LogP contribution in [0.4, 0.5) is 0 Å². The summed E-state index contributed by atoms with van der Waals surface area (Å²) in [5.74, 6) is -0.302. The predicted octanol–water partition coefficient (Wildman–Crippen LogP) is 4.17. The summed E-state index contributed by atoms with van der Waals surface area (Å²) >= 11 is 0. The molecule has 0 fully saturated rings. The van der Waals surface area contributed by atoms with Crippen LogP contribution in [0.5, 0.6) is 0 Å². The Balaban J connectivity index is 1.66. The number of nitrogens with one attached hydrogen (secondary N) is 2. The molecule has 0 radical (unpaired) electrons. The van der Waals surface area contributed by atoms with Crippen molar-refractivity contribution in [1.82, 2.24) is 10.6 Å². The molecule has 2 amide bonds. The molecule has 4 nitrogen and oxygen atoms in total. The number of rotatable bonds is 7. The van der Waals surface area contributed by atoms with Gasteiger partial charge in [0.2, 0.25) is 5.91 Å². The average Bonchev–Trinajstić information content (AvgIpc) is 2.74. The SMILES string of the molecule is Cc1ccc(CNC(=O)C[C@H](NC(=O)c2ccccc2)c2ccccc2)cc1. The minimum atomic E-state index is -0.396. The van der Waals surface area contributed by atoms with Crippen molar-refractivity contribution >= 4 is 11.8 Å². The van der Waals surface area contributed by atoms with Crippen molar-refractivity contribution in [1.29, 1.82) is 0 Å². The van der Waals surface area contributed by atoms with Crippen LogP contribution in [0.1, 0.15) is 39.5 Å². The number of carbonyl (C=O) groups is 2. The summed E-state index contributed by atoms with van der Waals surface area (Å²) < 4.78 is 0. The Bertz CT molecular complexity index is 906. The molecule has 142 valence electrons. The molecule has 0 saturated heterocycles. The Morgan fingerprint density at radius 1 is 0.821 bits per heavy atom. The minimum Gasteiger partial charge on any atom is -0.352 e. The summed E-state index contributed by atoms with van der Waals surface area (Å²) in [5, 5.41) is 5.93. The van der Waals surface area contributed by atoms with Gasteiger partial charge in [-0.05, 0) is 30.2 Å². The quantitative estimate of drug-likeness (QED) is 0.654. The Hall–Kier alpha value is -3.40. The second-order valence-electron chi connectivity index (χ2n) is 6.77. The van der Waals surface area contributed by atoms with Gasteiger partial charge in [0.15, 0.2) is 0 Å². The second kappa shape index (κ2) is 9.51. The van der Waals surface area contributed by atoms with Crippen LogP contribution in [-0.2, 0) is 11.3 Å². The Morgan fingerprint density at radius 2 is 1.43 bits per heavy atom. The van der Waals surface area contributed by atoms with Gasteiger partial charge in [-0.1, -0.05) is 78.4 Å². The van der Waals surface area contributed by atoms with Gasteiger partial charge < -0.3 is 10.6 Å². The zero-order valence-electron chi connectivity index (χ0n) is 15.9. The molecule has 4 heteroatoms. The molecule has 2 N–H and O–H groups in total. The molecule has 0 aliphatic rings.